The first kappa shape index (κ1) is 19.0. The molecule has 29 heavy (non-hydrogen) atoms. The number of amides is 1. The summed E-state index contributed by atoms with van der Waals surface area (Å²) in [4.78, 5) is 24.6. The largest absolute Gasteiger partial charge is 0.462 e. The average Bonchev–Trinajstić information content (AvgIpc) is 3.20. The molecule has 1 aliphatic heterocycles. The SMILES string of the molecule is CC(=O)c1cc(C2(c3ccccc3)NC(=O)c3ccc(C(F)(F)F)cc32)oc1C. The molecule has 1 N–H and O–H groups in total. The molecule has 2 aromatic carbocycles. The molecule has 0 saturated heterocycles. The zero-order chi connectivity index (χ0) is 21.0. The molecule has 4 nitrogen and oxygen atoms in total. The van der Waals surface area contributed by atoms with E-state index in [4.69, 9.17) is 4.42 Å². The lowest BCUT2D eigenvalue weighted by atomic mass is 9.80. The van der Waals surface area contributed by atoms with Crippen LogP contribution in [0.5, 0.6) is 0 Å². The number of hydrogen-bond acceptors (Lipinski definition) is 3. The number of carbonyl (C=O) groups excluding carboxylic acids is 2. The van der Waals surface area contributed by atoms with Gasteiger partial charge >= 0.3 is 6.18 Å². The maximum absolute atomic E-state index is 13.4. The fourth-order valence-electron chi connectivity index (χ4n) is 3.80. The average molecular weight is 399 g/mol. The van der Waals surface area contributed by atoms with Crippen molar-refractivity contribution in [1.82, 2.24) is 5.32 Å². The van der Waals surface area contributed by atoms with E-state index in [1.807, 2.05) is 0 Å². The number of furan rings is 1. The minimum Gasteiger partial charge on any atom is -0.462 e. The van der Waals surface area contributed by atoms with Crippen LogP contribution in [0, 0.1) is 6.92 Å². The molecule has 0 spiro atoms. The summed E-state index contributed by atoms with van der Waals surface area (Å²) in [6.07, 6.45) is -4.58. The molecular weight excluding hydrogens is 383 g/mol. The molecule has 1 aliphatic rings. The Hall–Kier alpha value is -3.35. The lowest BCUT2D eigenvalue weighted by Crippen LogP contribution is -2.41. The van der Waals surface area contributed by atoms with E-state index in [0.717, 1.165) is 12.1 Å². The molecular formula is C22H16F3NO3. The Morgan fingerprint density at radius 1 is 1.07 bits per heavy atom. The van der Waals surface area contributed by atoms with Gasteiger partial charge in [-0.05, 0) is 43.7 Å². The Morgan fingerprint density at radius 2 is 1.76 bits per heavy atom. The highest BCUT2D eigenvalue weighted by atomic mass is 19.4. The zero-order valence-electron chi connectivity index (χ0n) is 15.6. The standard InChI is InChI=1S/C22H16F3NO3/c1-12(27)17-11-19(29-13(17)2)21(14-6-4-3-5-7-14)18-10-15(22(23,24)25)8-9-16(18)20(28)26-21/h3-11H,1-2H3,(H,26,28). The van der Waals surface area contributed by atoms with Crippen molar-refractivity contribution in [3.8, 4) is 0 Å². The van der Waals surface area contributed by atoms with Crippen molar-refractivity contribution >= 4 is 11.7 Å². The molecule has 148 valence electrons. The predicted octanol–water partition coefficient (Wildman–Crippen LogP) is 4.84. The van der Waals surface area contributed by atoms with Gasteiger partial charge in [0, 0.05) is 11.1 Å². The fraction of sp³-hybridized carbons (Fsp3) is 0.182. The quantitative estimate of drug-likeness (QED) is 0.641. The zero-order valence-corrected chi connectivity index (χ0v) is 15.6. The molecule has 1 atom stereocenters. The number of benzene rings is 2. The summed E-state index contributed by atoms with van der Waals surface area (Å²) in [5.74, 6) is -0.249. The Labute approximate surface area is 164 Å². The van der Waals surface area contributed by atoms with Crippen molar-refractivity contribution in [3.05, 3.63) is 93.9 Å². The minimum atomic E-state index is -4.58. The van der Waals surface area contributed by atoms with Crippen LogP contribution in [0.15, 0.2) is 59.0 Å². The lowest BCUT2D eigenvalue weighted by molar-refractivity contribution is -0.137. The highest BCUT2D eigenvalue weighted by Gasteiger charge is 2.49. The summed E-state index contributed by atoms with van der Waals surface area (Å²) < 4.78 is 46.1. The van der Waals surface area contributed by atoms with E-state index < -0.39 is 23.2 Å². The van der Waals surface area contributed by atoms with Crippen LogP contribution in [0.3, 0.4) is 0 Å². The van der Waals surface area contributed by atoms with E-state index in [1.165, 1.54) is 19.1 Å². The third-order valence-corrected chi connectivity index (χ3v) is 5.17. The van der Waals surface area contributed by atoms with Crippen LogP contribution in [-0.2, 0) is 11.7 Å². The van der Waals surface area contributed by atoms with Gasteiger partial charge in [0.05, 0.1) is 11.1 Å². The topological polar surface area (TPSA) is 59.3 Å². The van der Waals surface area contributed by atoms with Crippen LogP contribution in [-0.4, -0.2) is 11.7 Å². The van der Waals surface area contributed by atoms with Gasteiger partial charge in [-0.3, -0.25) is 9.59 Å². The first-order valence-electron chi connectivity index (χ1n) is 8.86. The molecule has 4 rings (SSSR count). The molecule has 1 amide bonds. The van der Waals surface area contributed by atoms with Crippen molar-refractivity contribution in [3.63, 3.8) is 0 Å². The monoisotopic (exact) mass is 399 g/mol. The van der Waals surface area contributed by atoms with Gasteiger partial charge in [0.2, 0.25) is 0 Å². The van der Waals surface area contributed by atoms with Crippen molar-refractivity contribution in [2.75, 3.05) is 0 Å². The summed E-state index contributed by atoms with van der Waals surface area (Å²) in [6.45, 7) is 2.97. The third-order valence-electron chi connectivity index (χ3n) is 5.17. The van der Waals surface area contributed by atoms with Crippen LogP contribution < -0.4 is 5.32 Å². The van der Waals surface area contributed by atoms with E-state index in [-0.39, 0.29) is 22.7 Å². The van der Waals surface area contributed by atoms with Crippen LogP contribution in [0.2, 0.25) is 0 Å². The van der Waals surface area contributed by atoms with Crippen LogP contribution in [0.25, 0.3) is 0 Å². The summed E-state index contributed by atoms with van der Waals surface area (Å²) in [5, 5.41) is 2.81. The van der Waals surface area contributed by atoms with E-state index >= 15 is 0 Å². The number of Topliss-reactive ketones (excluding diaryl/α,β-unsaturated/α-hetero) is 1. The van der Waals surface area contributed by atoms with Gasteiger partial charge in [0.25, 0.3) is 5.91 Å². The molecule has 0 bridgehead atoms. The van der Waals surface area contributed by atoms with Gasteiger partial charge in [0.15, 0.2) is 11.3 Å². The Morgan fingerprint density at radius 3 is 2.34 bits per heavy atom. The Bertz CT molecular complexity index is 1130. The Balaban J connectivity index is 2.06. The van der Waals surface area contributed by atoms with Crippen molar-refractivity contribution in [2.45, 2.75) is 25.6 Å². The van der Waals surface area contributed by atoms with Crippen LogP contribution in [0.4, 0.5) is 13.2 Å². The van der Waals surface area contributed by atoms with Gasteiger partial charge in [-0.25, -0.2) is 0 Å². The van der Waals surface area contributed by atoms with Crippen molar-refractivity contribution in [2.24, 2.45) is 0 Å². The summed E-state index contributed by atoms with van der Waals surface area (Å²) in [7, 11) is 0. The maximum Gasteiger partial charge on any atom is 0.416 e. The number of hydrogen-bond donors (Lipinski definition) is 1. The second-order valence-electron chi connectivity index (χ2n) is 6.96. The number of ketones is 1. The second kappa shape index (κ2) is 6.34. The summed E-state index contributed by atoms with van der Waals surface area (Å²) >= 11 is 0. The van der Waals surface area contributed by atoms with Gasteiger partial charge in [-0.15, -0.1) is 0 Å². The highest BCUT2D eigenvalue weighted by molar-refractivity contribution is 6.02. The molecule has 0 saturated carbocycles. The number of fused-ring (bicyclic) bond motifs is 1. The highest BCUT2D eigenvalue weighted by Crippen LogP contribution is 2.45. The molecule has 0 aliphatic carbocycles. The van der Waals surface area contributed by atoms with Crippen molar-refractivity contribution < 1.29 is 27.2 Å². The van der Waals surface area contributed by atoms with E-state index in [2.05, 4.69) is 5.32 Å². The van der Waals surface area contributed by atoms with Crippen LogP contribution >= 0.6 is 0 Å². The maximum atomic E-state index is 13.4. The normalized spacial score (nSPS) is 18.4. The second-order valence-corrected chi connectivity index (χ2v) is 6.96. The predicted molar refractivity (Wildman–Crippen MR) is 98.7 cm³/mol. The number of rotatable bonds is 3. The van der Waals surface area contributed by atoms with E-state index in [0.29, 0.717) is 16.9 Å². The van der Waals surface area contributed by atoms with Gasteiger partial charge < -0.3 is 9.73 Å². The first-order chi connectivity index (χ1) is 13.6. The number of alkyl halides is 3. The third kappa shape index (κ3) is 2.85. The minimum absolute atomic E-state index is 0.125. The van der Waals surface area contributed by atoms with Crippen molar-refractivity contribution in [1.29, 1.82) is 0 Å². The molecule has 7 heteroatoms. The number of halogens is 3. The number of nitrogens with one attached hydrogen (secondary N) is 1. The number of aryl methyl sites for hydroxylation is 1. The Kier molecular flexibility index (Phi) is 4.15. The molecule has 0 fully saturated rings. The molecule has 0 radical (unpaired) electrons. The van der Waals surface area contributed by atoms with Gasteiger partial charge in [0.1, 0.15) is 11.5 Å². The smallest absolute Gasteiger partial charge is 0.416 e. The van der Waals surface area contributed by atoms with Gasteiger partial charge in [-0.1, -0.05) is 30.3 Å². The van der Waals surface area contributed by atoms with E-state index in [9.17, 15) is 22.8 Å². The molecule has 3 aromatic rings. The fourth-order valence-corrected chi connectivity index (χ4v) is 3.80. The molecule has 1 unspecified atom stereocenters. The summed E-state index contributed by atoms with van der Waals surface area (Å²) in [5.41, 5.74) is -1.26. The summed E-state index contributed by atoms with van der Waals surface area (Å²) in [6, 6.07) is 13.1. The first-order valence-corrected chi connectivity index (χ1v) is 8.86. The lowest BCUT2D eigenvalue weighted by Gasteiger charge is -2.29. The van der Waals surface area contributed by atoms with Crippen LogP contribution in [0.1, 0.15) is 55.9 Å². The molecule has 1 aromatic heterocycles. The van der Waals surface area contributed by atoms with E-state index in [1.54, 1.807) is 37.3 Å². The number of carbonyl (C=O) groups is 2. The van der Waals surface area contributed by atoms with Gasteiger partial charge in [-0.2, -0.15) is 13.2 Å². The molecule has 2 heterocycles.